The van der Waals surface area contributed by atoms with E-state index in [9.17, 15) is 14.0 Å². The van der Waals surface area contributed by atoms with E-state index in [2.05, 4.69) is 0 Å². The van der Waals surface area contributed by atoms with Crippen LogP contribution in [0.15, 0.2) is 24.3 Å². The Bertz CT molecular complexity index is 664. The van der Waals surface area contributed by atoms with Gasteiger partial charge in [0, 0.05) is 38.8 Å². The molecular weight excluding hydrogens is 349 g/mol. The smallest absolute Gasteiger partial charge is 0.236 e. The summed E-state index contributed by atoms with van der Waals surface area (Å²) < 4.78 is 19.1. The average molecular weight is 377 g/mol. The van der Waals surface area contributed by atoms with Crippen molar-refractivity contribution in [1.29, 1.82) is 0 Å². The third-order valence-electron chi connectivity index (χ3n) is 5.33. The van der Waals surface area contributed by atoms with Gasteiger partial charge >= 0.3 is 0 Å². The lowest BCUT2D eigenvalue weighted by atomic mass is 9.96. The summed E-state index contributed by atoms with van der Waals surface area (Å²) in [4.78, 5) is 30.7. The number of carbonyl (C=O) groups excluding carboxylic acids is 2. The molecule has 27 heavy (non-hydrogen) atoms. The predicted octanol–water partition coefficient (Wildman–Crippen LogP) is 1.35. The highest BCUT2D eigenvalue weighted by molar-refractivity contribution is 5.80. The second-order valence-corrected chi connectivity index (χ2v) is 7.35. The molecule has 0 radical (unpaired) electrons. The molecule has 7 heteroatoms. The molecule has 0 spiro atoms. The van der Waals surface area contributed by atoms with Gasteiger partial charge in [-0.15, -0.1) is 0 Å². The number of rotatable bonds is 5. The van der Waals surface area contributed by atoms with E-state index in [-0.39, 0.29) is 36.6 Å². The maximum absolute atomic E-state index is 13.8. The highest BCUT2D eigenvalue weighted by Crippen LogP contribution is 2.20. The molecule has 3 rings (SSSR count). The third kappa shape index (κ3) is 5.26. The first-order chi connectivity index (χ1) is 13.0. The molecule has 1 aromatic carbocycles. The quantitative estimate of drug-likeness (QED) is 0.778. The number of morpholine rings is 1. The first-order valence-electron chi connectivity index (χ1n) is 9.61. The summed E-state index contributed by atoms with van der Waals surface area (Å²) in [6.07, 6.45) is 1.77. The van der Waals surface area contributed by atoms with Crippen molar-refractivity contribution in [3.63, 3.8) is 0 Å². The first-order valence-corrected chi connectivity index (χ1v) is 9.61. The van der Waals surface area contributed by atoms with Gasteiger partial charge in [0.15, 0.2) is 0 Å². The van der Waals surface area contributed by atoms with Crippen LogP contribution in [0.4, 0.5) is 4.39 Å². The number of nitrogens with zero attached hydrogens (tertiary/aromatic N) is 3. The number of carbonyl (C=O) groups is 2. The molecule has 2 saturated heterocycles. The molecule has 148 valence electrons. The van der Waals surface area contributed by atoms with Crippen molar-refractivity contribution in [2.24, 2.45) is 5.92 Å². The van der Waals surface area contributed by atoms with Gasteiger partial charge in [0.1, 0.15) is 5.82 Å². The highest BCUT2D eigenvalue weighted by Gasteiger charge is 2.31. The summed E-state index contributed by atoms with van der Waals surface area (Å²) in [6, 6.07) is 6.50. The number of amides is 2. The molecule has 2 amide bonds. The van der Waals surface area contributed by atoms with Gasteiger partial charge in [-0.1, -0.05) is 18.2 Å². The van der Waals surface area contributed by atoms with Crippen LogP contribution < -0.4 is 0 Å². The standard InChI is InChI=1S/C20H28FN3O3/c1-22(13-16-5-2-3-7-18(16)21)19(25)15-23-8-4-6-17(14-23)20(26)24-9-11-27-12-10-24/h2-3,5,7,17H,4,6,8-15H2,1H3. The Kier molecular flexibility index (Phi) is 6.79. The van der Waals surface area contributed by atoms with Crippen LogP contribution in [0.1, 0.15) is 18.4 Å². The molecule has 1 unspecified atom stereocenters. The van der Waals surface area contributed by atoms with Gasteiger partial charge in [0.2, 0.25) is 11.8 Å². The molecule has 0 N–H and O–H groups in total. The van der Waals surface area contributed by atoms with E-state index >= 15 is 0 Å². The second kappa shape index (κ2) is 9.28. The van der Waals surface area contributed by atoms with Crippen LogP contribution >= 0.6 is 0 Å². The molecule has 0 aromatic heterocycles. The lowest BCUT2D eigenvalue weighted by molar-refractivity contribution is -0.142. The Morgan fingerprint density at radius 2 is 1.96 bits per heavy atom. The predicted molar refractivity (Wildman–Crippen MR) is 99.4 cm³/mol. The molecule has 2 heterocycles. The number of halogens is 1. The lowest BCUT2D eigenvalue weighted by Gasteiger charge is -2.36. The molecule has 6 nitrogen and oxygen atoms in total. The summed E-state index contributed by atoms with van der Waals surface area (Å²) in [5.41, 5.74) is 0.507. The first kappa shape index (κ1) is 19.8. The van der Waals surface area contributed by atoms with E-state index in [1.54, 1.807) is 30.1 Å². The van der Waals surface area contributed by atoms with Crippen molar-refractivity contribution in [3.05, 3.63) is 35.6 Å². The van der Waals surface area contributed by atoms with Gasteiger partial charge < -0.3 is 14.5 Å². The normalized spacial score (nSPS) is 21.1. The summed E-state index contributed by atoms with van der Waals surface area (Å²) in [5, 5.41) is 0. The van der Waals surface area contributed by atoms with Crippen LogP contribution in [0, 0.1) is 11.7 Å². The Labute approximate surface area is 159 Å². The number of hydrogen-bond acceptors (Lipinski definition) is 4. The Hall–Kier alpha value is -1.99. The van der Waals surface area contributed by atoms with Crippen molar-refractivity contribution in [2.75, 3.05) is 53.0 Å². The summed E-state index contributed by atoms with van der Waals surface area (Å²) in [7, 11) is 1.69. The van der Waals surface area contributed by atoms with Crippen LogP contribution in [-0.2, 0) is 20.9 Å². The van der Waals surface area contributed by atoms with Gasteiger partial charge in [-0.25, -0.2) is 4.39 Å². The number of likely N-dealkylation sites (N-methyl/N-ethyl adjacent to an activating group) is 1. The fourth-order valence-electron chi connectivity index (χ4n) is 3.72. The van der Waals surface area contributed by atoms with Crippen LogP contribution in [0.5, 0.6) is 0 Å². The van der Waals surface area contributed by atoms with E-state index in [4.69, 9.17) is 4.74 Å². The number of ether oxygens (including phenoxy) is 1. The molecule has 0 aliphatic carbocycles. The van der Waals surface area contributed by atoms with Gasteiger partial charge in [0.25, 0.3) is 0 Å². The molecule has 2 aliphatic rings. The Morgan fingerprint density at radius 1 is 1.22 bits per heavy atom. The highest BCUT2D eigenvalue weighted by atomic mass is 19.1. The van der Waals surface area contributed by atoms with E-state index in [0.717, 1.165) is 19.4 Å². The molecule has 1 atom stereocenters. The van der Waals surface area contributed by atoms with Crippen molar-refractivity contribution in [2.45, 2.75) is 19.4 Å². The molecule has 0 saturated carbocycles. The average Bonchev–Trinajstić information content (AvgIpc) is 2.70. The fourth-order valence-corrected chi connectivity index (χ4v) is 3.72. The van der Waals surface area contributed by atoms with Crippen molar-refractivity contribution in [1.82, 2.24) is 14.7 Å². The van der Waals surface area contributed by atoms with Gasteiger partial charge in [-0.2, -0.15) is 0 Å². The summed E-state index contributed by atoms with van der Waals surface area (Å²) in [6.45, 7) is 4.43. The molecule has 1 aromatic rings. The zero-order chi connectivity index (χ0) is 19.2. The Morgan fingerprint density at radius 3 is 2.70 bits per heavy atom. The van der Waals surface area contributed by atoms with Crippen LogP contribution in [0.25, 0.3) is 0 Å². The number of hydrogen-bond donors (Lipinski definition) is 0. The minimum Gasteiger partial charge on any atom is -0.378 e. The van der Waals surface area contributed by atoms with Crippen LogP contribution in [0.2, 0.25) is 0 Å². The maximum atomic E-state index is 13.8. The lowest BCUT2D eigenvalue weighted by Crippen LogP contribution is -2.50. The van der Waals surface area contributed by atoms with E-state index in [1.807, 2.05) is 9.80 Å². The fraction of sp³-hybridized carbons (Fsp3) is 0.600. The monoisotopic (exact) mass is 377 g/mol. The zero-order valence-corrected chi connectivity index (χ0v) is 15.9. The van der Waals surface area contributed by atoms with Crippen molar-refractivity contribution in [3.8, 4) is 0 Å². The topological polar surface area (TPSA) is 53.1 Å². The van der Waals surface area contributed by atoms with Crippen LogP contribution in [0.3, 0.4) is 0 Å². The van der Waals surface area contributed by atoms with Gasteiger partial charge in [0.05, 0.1) is 25.7 Å². The largest absolute Gasteiger partial charge is 0.378 e. The number of likely N-dealkylation sites (tertiary alicyclic amines) is 1. The maximum Gasteiger partial charge on any atom is 0.236 e. The van der Waals surface area contributed by atoms with Gasteiger partial charge in [-0.3, -0.25) is 14.5 Å². The minimum absolute atomic E-state index is 0.0541. The molecular formula is C20H28FN3O3. The molecule has 2 aliphatic heterocycles. The summed E-state index contributed by atoms with van der Waals surface area (Å²) in [5.74, 6) is -0.235. The van der Waals surface area contributed by atoms with Gasteiger partial charge in [-0.05, 0) is 25.5 Å². The van der Waals surface area contributed by atoms with Crippen molar-refractivity contribution >= 4 is 11.8 Å². The van der Waals surface area contributed by atoms with Crippen LogP contribution in [-0.4, -0.2) is 79.5 Å². The second-order valence-electron chi connectivity index (χ2n) is 7.35. The molecule has 0 bridgehead atoms. The SMILES string of the molecule is CN(Cc1ccccc1F)C(=O)CN1CCCC(C(=O)N2CCOCC2)C1. The van der Waals surface area contributed by atoms with E-state index in [1.165, 1.54) is 6.07 Å². The molecule has 2 fully saturated rings. The van der Waals surface area contributed by atoms with Crippen molar-refractivity contribution < 1.29 is 18.7 Å². The number of benzene rings is 1. The zero-order valence-electron chi connectivity index (χ0n) is 15.9. The summed E-state index contributed by atoms with van der Waals surface area (Å²) >= 11 is 0. The van der Waals surface area contributed by atoms with E-state index < -0.39 is 0 Å². The minimum atomic E-state index is -0.300. The Balaban J connectivity index is 1.51. The van der Waals surface area contributed by atoms with E-state index in [0.29, 0.717) is 38.4 Å². The number of piperidine rings is 1. The third-order valence-corrected chi connectivity index (χ3v) is 5.33.